The highest BCUT2D eigenvalue weighted by molar-refractivity contribution is 7.12. The normalized spacial score (nSPS) is 12.6. The first-order chi connectivity index (χ1) is 15.6. The summed E-state index contributed by atoms with van der Waals surface area (Å²) in [5.41, 5.74) is 4.66. The summed E-state index contributed by atoms with van der Waals surface area (Å²) in [6.45, 7) is 7.90. The zero-order valence-corrected chi connectivity index (χ0v) is 19.3. The average molecular weight is 449 g/mol. The van der Waals surface area contributed by atoms with E-state index in [1.54, 1.807) is 0 Å². The smallest absolute Gasteiger partial charge is 0.192 e. The maximum atomic E-state index is 9.77. The van der Waals surface area contributed by atoms with Gasteiger partial charge in [0.1, 0.15) is 31.5 Å². The van der Waals surface area contributed by atoms with E-state index in [9.17, 15) is 5.26 Å². The lowest BCUT2D eigenvalue weighted by molar-refractivity contribution is 0.171. The molecule has 0 unspecified atom stereocenters. The number of rotatable bonds is 9. The molecule has 2 heterocycles. The monoisotopic (exact) mass is 448 g/mol. The summed E-state index contributed by atoms with van der Waals surface area (Å²) >= 11 is 1.44. The van der Waals surface area contributed by atoms with Gasteiger partial charge in [0.05, 0.1) is 0 Å². The van der Waals surface area contributed by atoms with Crippen LogP contribution in [0.25, 0.3) is 11.1 Å². The molecule has 0 fully saturated rings. The van der Waals surface area contributed by atoms with Crippen molar-refractivity contribution in [1.29, 1.82) is 5.26 Å². The van der Waals surface area contributed by atoms with E-state index in [0.29, 0.717) is 42.1 Å². The number of hydrogen-bond acceptors (Lipinski definition) is 6. The van der Waals surface area contributed by atoms with Crippen molar-refractivity contribution in [3.8, 4) is 33.8 Å². The van der Waals surface area contributed by atoms with Crippen LogP contribution in [0.15, 0.2) is 47.8 Å². The van der Waals surface area contributed by atoms with Crippen molar-refractivity contribution in [3.05, 3.63) is 64.5 Å². The Kier molecular flexibility index (Phi) is 7.31. The number of thiophene rings is 1. The molecule has 6 heteroatoms. The fourth-order valence-electron chi connectivity index (χ4n) is 3.50. The van der Waals surface area contributed by atoms with Gasteiger partial charge in [0.15, 0.2) is 16.6 Å². The van der Waals surface area contributed by atoms with Crippen molar-refractivity contribution in [2.75, 3.05) is 19.8 Å². The molecule has 1 aliphatic rings. The third-order valence-corrected chi connectivity index (χ3v) is 6.23. The third kappa shape index (κ3) is 5.42. The molecular formula is C26H28N2O3S. The van der Waals surface area contributed by atoms with E-state index in [1.165, 1.54) is 23.3 Å². The Morgan fingerprint density at radius 1 is 1.06 bits per heavy atom. The van der Waals surface area contributed by atoms with Crippen LogP contribution in [0.3, 0.4) is 0 Å². The van der Waals surface area contributed by atoms with E-state index in [0.717, 1.165) is 35.5 Å². The highest BCUT2D eigenvalue weighted by Gasteiger charge is 2.18. The van der Waals surface area contributed by atoms with Crippen molar-refractivity contribution in [2.45, 2.75) is 33.4 Å². The summed E-state index contributed by atoms with van der Waals surface area (Å²) in [5, 5.41) is 15.9. The molecule has 0 bridgehead atoms. The lowest BCUT2D eigenvalue weighted by atomic mass is 10.0. The zero-order chi connectivity index (χ0) is 22.3. The summed E-state index contributed by atoms with van der Waals surface area (Å²) in [6.07, 6.45) is 1.18. The quantitative estimate of drug-likeness (QED) is 0.421. The van der Waals surface area contributed by atoms with Gasteiger partial charge in [0.2, 0.25) is 0 Å². The number of nitrogens with zero attached hydrogens (tertiary/aromatic N) is 1. The van der Waals surface area contributed by atoms with Crippen molar-refractivity contribution >= 4 is 11.3 Å². The molecule has 3 aromatic rings. The Morgan fingerprint density at radius 2 is 1.81 bits per heavy atom. The maximum absolute atomic E-state index is 9.77. The largest absolute Gasteiger partial charge is 0.486 e. The van der Waals surface area contributed by atoms with Crippen LogP contribution in [0.1, 0.15) is 37.0 Å². The van der Waals surface area contributed by atoms with Crippen molar-refractivity contribution in [2.24, 2.45) is 5.92 Å². The van der Waals surface area contributed by atoms with Gasteiger partial charge in [-0.15, -0.1) is 11.3 Å². The van der Waals surface area contributed by atoms with Crippen molar-refractivity contribution in [3.63, 3.8) is 0 Å². The van der Waals surface area contributed by atoms with Gasteiger partial charge in [-0.05, 0) is 47.7 Å². The number of benzene rings is 2. The van der Waals surface area contributed by atoms with Crippen molar-refractivity contribution in [1.82, 2.24) is 5.32 Å². The first kappa shape index (κ1) is 22.2. The Bertz CT molecular complexity index is 1080. The fraction of sp³-hybridized carbons (Fsp3) is 0.346. The van der Waals surface area contributed by atoms with E-state index >= 15 is 0 Å². The SMILES string of the molecule is CC(C)CCNCc1ccc(COc2scc(-c3ccc4c(c3)OCCO4)c2C#N)cc1. The van der Waals surface area contributed by atoms with Crippen LogP contribution in [-0.4, -0.2) is 19.8 Å². The minimum atomic E-state index is 0.427. The summed E-state index contributed by atoms with van der Waals surface area (Å²) in [4.78, 5) is 0. The Hall–Kier alpha value is -3.01. The second-order valence-corrected chi connectivity index (χ2v) is 9.09. The summed E-state index contributed by atoms with van der Waals surface area (Å²) in [5.74, 6) is 2.17. The fourth-order valence-corrected chi connectivity index (χ4v) is 4.38. The van der Waals surface area contributed by atoms with Crippen molar-refractivity contribution < 1.29 is 14.2 Å². The van der Waals surface area contributed by atoms with Crippen LogP contribution in [0.5, 0.6) is 16.6 Å². The molecule has 0 radical (unpaired) electrons. The number of nitriles is 1. The molecular weight excluding hydrogens is 420 g/mol. The molecule has 0 saturated carbocycles. The molecule has 0 spiro atoms. The van der Waals surface area contributed by atoms with Crippen LogP contribution in [0.2, 0.25) is 0 Å². The van der Waals surface area contributed by atoms with Crippen LogP contribution in [-0.2, 0) is 13.2 Å². The van der Waals surface area contributed by atoms with E-state index in [1.807, 2.05) is 23.6 Å². The highest BCUT2D eigenvalue weighted by atomic mass is 32.1. The van der Waals surface area contributed by atoms with E-state index in [-0.39, 0.29) is 0 Å². The Morgan fingerprint density at radius 3 is 2.56 bits per heavy atom. The Balaban J connectivity index is 1.38. The lowest BCUT2D eigenvalue weighted by Gasteiger charge is -2.18. The highest BCUT2D eigenvalue weighted by Crippen LogP contribution is 2.40. The molecule has 0 atom stereocenters. The molecule has 0 amide bonds. The van der Waals surface area contributed by atoms with Gasteiger partial charge in [-0.3, -0.25) is 0 Å². The zero-order valence-electron chi connectivity index (χ0n) is 18.5. The molecule has 166 valence electrons. The van der Waals surface area contributed by atoms with Crippen LogP contribution in [0.4, 0.5) is 0 Å². The molecule has 5 nitrogen and oxygen atoms in total. The first-order valence-electron chi connectivity index (χ1n) is 11.0. The number of nitrogens with one attached hydrogen (secondary N) is 1. The number of hydrogen-bond donors (Lipinski definition) is 1. The van der Waals surface area contributed by atoms with Gasteiger partial charge in [-0.1, -0.05) is 44.2 Å². The van der Waals surface area contributed by atoms with E-state index in [4.69, 9.17) is 14.2 Å². The topological polar surface area (TPSA) is 63.5 Å². The molecule has 0 saturated heterocycles. The van der Waals surface area contributed by atoms with Gasteiger partial charge in [-0.2, -0.15) is 5.26 Å². The van der Waals surface area contributed by atoms with Gasteiger partial charge < -0.3 is 19.5 Å². The van der Waals surface area contributed by atoms with Gasteiger partial charge in [0.25, 0.3) is 0 Å². The predicted molar refractivity (Wildman–Crippen MR) is 127 cm³/mol. The second kappa shape index (κ2) is 10.5. The Labute approximate surface area is 193 Å². The van der Waals surface area contributed by atoms with Gasteiger partial charge in [0, 0.05) is 17.5 Å². The van der Waals surface area contributed by atoms with Gasteiger partial charge in [-0.25, -0.2) is 0 Å². The molecule has 4 rings (SSSR count). The molecule has 1 aromatic heterocycles. The minimum Gasteiger partial charge on any atom is -0.486 e. The predicted octanol–water partition coefficient (Wildman–Crippen LogP) is 5.77. The molecule has 32 heavy (non-hydrogen) atoms. The summed E-state index contributed by atoms with van der Waals surface area (Å²) in [7, 11) is 0. The molecule has 1 N–H and O–H groups in total. The number of fused-ring (bicyclic) bond motifs is 1. The molecule has 1 aliphatic heterocycles. The van der Waals surface area contributed by atoms with E-state index in [2.05, 4.69) is 49.5 Å². The lowest BCUT2D eigenvalue weighted by Crippen LogP contribution is -2.16. The maximum Gasteiger partial charge on any atom is 0.192 e. The molecule has 2 aromatic carbocycles. The third-order valence-electron chi connectivity index (χ3n) is 5.34. The molecule has 0 aliphatic carbocycles. The van der Waals surface area contributed by atoms with E-state index < -0.39 is 0 Å². The summed E-state index contributed by atoms with van der Waals surface area (Å²) < 4.78 is 17.3. The second-order valence-electron chi connectivity index (χ2n) is 8.25. The van der Waals surface area contributed by atoms with Crippen LogP contribution >= 0.6 is 11.3 Å². The van der Waals surface area contributed by atoms with Crippen LogP contribution in [0, 0.1) is 17.2 Å². The summed E-state index contributed by atoms with van der Waals surface area (Å²) in [6, 6.07) is 16.5. The number of ether oxygens (including phenoxy) is 3. The first-order valence-corrected chi connectivity index (χ1v) is 11.8. The minimum absolute atomic E-state index is 0.427. The standard InChI is InChI=1S/C26H28N2O3S/c1-18(2)9-10-28-15-19-3-5-20(6-4-19)16-31-26-22(14-27)23(17-32-26)21-7-8-24-25(13-21)30-12-11-29-24/h3-8,13,17-18,28H,9-12,15-16H2,1-2H3. The van der Waals surface area contributed by atoms with Crippen LogP contribution < -0.4 is 19.5 Å². The average Bonchev–Trinajstić information content (AvgIpc) is 3.23. The van der Waals surface area contributed by atoms with Gasteiger partial charge >= 0.3 is 0 Å².